The Balaban J connectivity index is 2.17. The number of benzene rings is 1. The number of aryl methyl sites for hydroxylation is 1. The quantitative estimate of drug-likeness (QED) is 0.544. The van der Waals surface area contributed by atoms with E-state index in [0.29, 0.717) is 17.9 Å². The summed E-state index contributed by atoms with van der Waals surface area (Å²) in [4.78, 5) is 12.5. The van der Waals surface area contributed by atoms with E-state index in [-0.39, 0.29) is 17.1 Å². The van der Waals surface area contributed by atoms with Crippen molar-refractivity contribution in [3.63, 3.8) is 0 Å². The van der Waals surface area contributed by atoms with Gasteiger partial charge in [-0.05, 0) is 51.0 Å². The number of aliphatic hydroxyl groups excluding tert-OH is 1. The summed E-state index contributed by atoms with van der Waals surface area (Å²) in [5, 5.41) is 13.0. The van der Waals surface area contributed by atoms with E-state index in [0.717, 1.165) is 36.8 Å². The van der Waals surface area contributed by atoms with Gasteiger partial charge in [0.1, 0.15) is 0 Å². The van der Waals surface area contributed by atoms with Gasteiger partial charge in [-0.1, -0.05) is 42.7 Å². The highest BCUT2D eigenvalue weighted by atomic mass is 16.5. The van der Waals surface area contributed by atoms with E-state index in [9.17, 15) is 9.90 Å². The van der Waals surface area contributed by atoms with E-state index in [1.54, 1.807) is 0 Å². The number of hydrogen-bond acceptors (Lipinski definition) is 3. The predicted molar refractivity (Wildman–Crippen MR) is 105 cm³/mol. The predicted octanol–water partition coefficient (Wildman–Crippen LogP) is 4.83. The first kappa shape index (κ1) is 19.8. The molecule has 1 fully saturated rings. The summed E-state index contributed by atoms with van der Waals surface area (Å²) < 4.78 is 5.28. The Hall–Kier alpha value is -2.49. The number of aliphatic hydroxyl groups is 1. The molecule has 0 spiro atoms. The minimum atomic E-state index is -0.106. The van der Waals surface area contributed by atoms with Crippen LogP contribution in [0.2, 0.25) is 0 Å². The van der Waals surface area contributed by atoms with Gasteiger partial charge < -0.3 is 15.2 Å². The SMILES string of the molecule is C=C/C(O)=C(\C=C(/C)C1(CNC(=O)c2ccc(C)cc2)CCCC1)OC. The first-order valence-electron chi connectivity index (χ1n) is 9.05. The molecular formula is C22H29NO3. The van der Waals surface area contributed by atoms with Crippen LogP contribution < -0.4 is 5.32 Å². The number of nitrogens with one attached hydrogen (secondary N) is 1. The molecule has 0 heterocycles. The fraction of sp³-hybridized carbons (Fsp3) is 0.409. The van der Waals surface area contributed by atoms with Crippen molar-refractivity contribution in [1.82, 2.24) is 5.32 Å². The molecule has 1 aromatic rings. The normalized spacial score (nSPS) is 17.4. The van der Waals surface area contributed by atoms with Crippen LogP contribution in [-0.2, 0) is 4.74 Å². The van der Waals surface area contributed by atoms with Crippen LogP contribution in [0.1, 0.15) is 48.5 Å². The van der Waals surface area contributed by atoms with Crippen LogP contribution in [0.4, 0.5) is 0 Å². The van der Waals surface area contributed by atoms with Gasteiger partial charge in [-0.3, -0.25) is 4.79 Å². The van der Waals surface area contributed by atoms with Gasteiger partial charge in [-0.2, -0.15) is 0 Å². The van der Waals surface area contributed by atoms with E-state index >= 15 is 0 Å². The van der Waals surface area contributed by atoms with Crippen LogP contribution in [0.3, 0.4) is 0 Å². The van der Waals surface area contributed by atoms with Crippen LogP contribution in [0, 0.1) is 12.3 Å². The summed E-state index contributed by atoms with van der Waals surface area (Å²) in [5.41, 5.74) is 2.80. The number of carbonyl (C=O) groups excluding carboxylic acids is 1. The van der Waals surface area contributed by atoms with E-state index in [1.165, 1.54) is 13.2 Å². The van der Waals surface area contributed by atoms with Crippen molar-refractivity contribution in [2.24, 2.45) is 5.41 Å². The zero-order valence-corrected chi connectivity index (χ0v) is 16.0. The van der Waals surface area contributed by atoms with Gasteiger partial charge in [0.2, 0.25) is 0 Å². The van der Waals surface area contributed by atoms with Gasteiger partial charge in [-0.25, -0.2) is 0 Å². The fourth-order valence-electron chi connectivity index (χ4n) is 3.51. The molecule has 0 saturated heterocycles. The third kappa shape index (κ3) is 4.57. The molecule has 4 heteroatoms. The molecule has 140 valence electrons. The number of hydrogen-bond donors (Lipinski definition) is 2. The summed E-state index contributed by atoms with van der Waals surface area (Å²) in [5.74, 6) is 0.359. The van der Waals surface area contributed by atoms with Crippen molar-refractivity contribution in [1.29, 1.82) is 0 Å². The van der Waals surface area contributed by atoms with Crippen LogP contribution in [-0.4, -0.2) is 24.7 Å². The topological polar surface area (TPSA) is 58.6 Å². The Morgan fingerprint density at radius 2 is 1.92 bits per heavy atom. The second-order valence-corrected chi connectivity index (χ2v) is 7.02. The maximum Gasteiger partial charge on any atom is 0.251 e. The molecule has 2 N–H and O–H groups in total. The summed E-state index contributed by atoms with van der Waals surface area (Å²) in [6.45, 7) is 8.20. The van der Waals surface area contributed by atoms with Crippen molar-refractivity contribution in [2.75, 3.05) is 13.7 Å². The van der Waals surface area contributed by atoms with Gasteiger partial charge in [-0.15, -0.1) is 0 Å². The number of allylic oxidation sites excluding steroid dienone is 2. The fourth-order valence-corrected chi connectivity index (χ4v) is 3.51. The van der Waals surface area contributed by atoms with Crippen LogP contribution in [0.5, 0.6) is 0 Å². The molecule has 0 unspecified atom stereocenters. The average Bonchev–Trinajstić information content (AvgIpc) is 3.14. The third-order valence-electron chi connectivity index (χ3n) is 5.31. The van der Waals surface area contributed by atoms with Gasteiger partial charge >= 0.3 is 0 Å². The van der Waals surface area contributed by atoms with Gasteiger partial charge in [0.05, 0.1) is 7.11 Å². The number of amides is 1. The molecule has 0 atom stereocenters. The largest absolute Gasteiger partial charge is 0.504 e. The Bertz CT molecular complexity index is 707. The summed E-state index contributed by atoms with van der Waals surface area (Å²) in [6, 6.07) is 7.59. The molecule has 0 aliphatic heterocycles. The smallest absolute Gasteiger partial charge is 0.251 e. The Morgan fingerprint density at radius 3 is 2.46 bits per heavy atom. The zero-order valence-electron chi connectivity index (χ0n) is 16.0. The van der Waals surface area contributed by atoms with Crippen LogP contribution in [0.15, 0.2) is 60.1 Å². The molecule has 26 heavy (non-hydrogen) atoms. The first-order valence-corrected chi connectivity index (χ1v) is 9.05. The maximum atomic E-state index is 12.5. The molecule has 1 saturated carbocycles. The summed E-state index contributed by atoms with van der Waals surface area (Å²) in [7, 11) is 1.53. The molecule has 4 nitrogen and oxygen atoms in total. The van der Waals surface area contributed by atoms with Crippen molar-refractivity contribution < 1.29 is 14.6 Å². The lowest BCUT2D eigenvalue weighted by Crippen LogP contribution is -2.36. The monoisotopic (exact) mass is 355 g/mol. The Morgan fingerprint density at radius 1 is 1.31 bits per heavy atom. The number of ether oxygens (including phenoxy) is 1. The third-order valence-corrected chi connectivity index (χ3v) is 5.31. The summed E-state index contributed by atoms with van der Waals surface area (Å²) >= 11 is 0. The number of rotatable bonds is 7. The molecule has 1 aliphatic carbocycles. The summed E-state index contributed by atoms with van der Waals surface area (Å²) in [6.07, 6.45) is 7.50. The number of methoxy groups -OCH3 is 1. The molecule has 0 bridgehead atoms. The standard InChI is InChI=1S/C22H29NO3/c1-5-19(24)20(26-4)14-17(3)22(12-6-7-13-22)15-23-21(25)18-10-8-16(2)9-11-18/h5,8-11,14,24H,1,6-7,12-13,15H2,2-4H3,(H,23,25)/b17-14+,20-19-. The van der Waals surface area contributed by atoms with Crippen molar-refractivity contribution in [3.8, 4) is 0 Å². The maximum absolute atomic E-state index is 12.5. The molecule has 1 amide bonds. The van der Waals surface area contributed by atoms with Gasteiger partial charge in [0.15, 0.2) is 11.5 Å². The Kier molecular flexibility index (Phi) is 6.67. The lowest BCUT2D eigenvalue weighted by molar-refractivity contribution is 0.0937. The molecule has 1 aliphatic rings. The van der Waals surface area contributed by atoms with Crippen molar-refractivity contribution in [3.05, 3.63) is 71.2 Å². The molecule has 1 aromatic carbocycles. The zero-order chi connectivity index (χ0) is 19.2. The van der Waals surface area contributed by atoms with Crippen molar-refractivity contribution in [2.45, 2.75) is 39.5 Å². The van der Waals surface area contributed by atoms with Gasteiger partial charge in [0.25, 0.3) is 5.91 Å². The lowest BCUT2D eigenvalue weighted by Gasteiger charge is -2.31. The highest BCUT2D eigenvalue weighted by Crippen LogP contribution is 2.44. The van der Waals surface area contributed by atoms with E-state index < -0.39 is 0 Å². The van der Waals surface area contributed by atoms with Crippen LogP contribution >= 0.6 is 0 Å². The van der Waals surface area contributed by atoms with Crippen molar-refractivity contribution >= 4 is 5.91 Å². The highest BCUT2D eigenvalue weighted by molar-refractivity contribution is 5.94. The second kappa shape index (κ2) is 8.75. The van der Waals surface area contributed by atoms with Gasteiger partial charge in [0, 0.05) is 17.5 Å². The minimum absolute atomic E-state index is 0.0173. The molecular weight excluding hydrogens is 326 g/mol. The second-order valence-electron chi connectivity index (χ2n) is 7.02. The van der Waals surface area contributed by atoms with Crippen LogP contribution in [0.25, 0.3) is 0 Å². The van der Waals surface area contributed by atoms with E-state index in [2.05, 4.69) is 11.9 Å². The average molecular weight is 355 g/mol. The van der Waals surface area contributed by atoms with E-state index in [1.807, 2.05) is 44.2 Å². The molecule has 2 rings (SSSR count). The van der Waals surface area contributed by atoms with E-state index in [4.69, 9.17) is 4.74 Å². The highest BCUT2D eigenvalue weighted by Gasteiger charge is 2.36. The molecule has 0 aromatic heterocycles. The molecule has 0 radical (unpaired) electrons. The first-order chi connectivity index (χ1) is 12.4. The lowest BCUT2D eigenvalue weighted by atomic mass is 9.78. The number of carbonyl (C=O) groups is 1. The Labute approximate surface area is 156 Å². The minimum Gasteiger partial charge on any atom is -0.504 e.